The van der Waals surface area contributed by atoms with Crippen LogP contribution in [-0.2, 0) is 6.42 Å². The molecule has 0 aromatic heterocycles. The third kappa shape index (κ3) is 24.0. The van der Waals surface area contributed by atoms with Gasteiger partial charge >= 0.3 is 0 Å². The third-order valence-corrected chi connectivity index (χ3v) is 8.07. The largest absolute Gasteiger partial charge is 0.303 e. The molecule has 1 aromatic carbocycles. The molecule has 0 spiro atoms. The molecule has 0 atom stereocenters. The van der Waals surface area contributed by atoms with Crippen molar-refractivity contribution in [1.82, 2.24) is 4.90 Å². The summed E-state index contributed by atoms with van der Waals surface area (Å²) in [5.74, 6) is 1.76. The first-order valence-corrected chi connectivity index (χ1v) is 16.8. The summed E-state index contributed by atoms with van der Waals surface area (Å²) in [7, 11) is 0. The molecule has 0 N–H and O–H groups in total. The van der Waals surface area contributed by atoms with Crippen LogP contribution in [0.4, 0.5) is 0 Å². The number of unbranched alkanes of at least 4 members (excludes halogenated alkanes) is 16. The second kappa shape index (κ2) is 25.5. The van der Waals surface area contributed by atoms with E-state index in [1.807, 2.05) is 0 Å². The van der Waals surface area contributed by atoms with E-state index >= 15 is 0 Å². The maximum absolute atomic E-state index is 2.77. The second-order valence-electron chi connectivity index (χ2n) is 12.8. The van der Waals surface area contributed by atoms with E-state index in [4.69, 9.17) is 0 Å². The molecule has 1 nitrogen and oxygen atoms in total. The van der Waals surface area contributed by atoms with Gasteiger partial charge in [0, 0.05) is 6.54 Å². The summed E-state index contributed by atoms with van der Waals surface area (Å²) in [6, 6.07) is 11.1. The molecule has 0 radical (unpaired) electrons. The molecule has 0 amide bonds. The van der Waals surface area contributed by atoms with Gasteiger partial charge in [0.1, 0.15) is 0 Å². The molecule has 0 aliphatic rings. The second-order valence-corrected chi connectivity index (χ2v) is 12.8. The first-order valence-electron chi connectivity index (χ1n) is 16.8. The van der Waals surface area contributed by atoms with Crippen LogP contribution < -0.4 is 0 Å². The molecule has 0 heterocycles. The molecular formula is C36H67N. The number of nitrogens with zero attached hydrogens (tertiary/aromatic N) is 1. The highest BCUT2D eigenvalue weighted by atomic mass is 15.1. The zero-order valence-electron chi connectivity index (χ0n) is 26.0. The maximum atomic E-state index is 2.77. The van der Waals surface area contributed by atoms with Gasteiger partial charge in [-0.3, -0.25) is 0 Å². The monoisotopic (exact) mass is 514 g/mol. The molecule has 0 aliphatic heterocycles. The Bertz CT molecular complexity index is 533. The summed E-state index contributed by atoms with van der Waals surface area (Å²) in [6.07, 6.45) is 30.0. The molecule has 0 fully saturated rings. The summed E-state index contributed by atoms with van der Waals surface area (Å²) in [6.45, 7) is 13.2. The molecule has 0 saturated heterocycles. The van der Waals surface area contributed by atoms with E-state index in [-0.39, 0.29) is 0 Å². The normalized spacial score (nSPS) is 11.9. The van der Waals surface area contributed by atoms with Gasteiger partial charge in [-0.05, 0) is 49.8 Å². The minimum Gasteiger partial charge on any atom is -0.303 e. The molecule has 0 bridgehead atoms. The van der Waals surface area contributed by atoms with Crippen LogP contribution in [0.15, 0.2) is 30.3 Å². The summed E-state index contributed by atoms with van der Waals surface area (Å²) in [5.41, 5.74) is 1.49. The van der Waals surface area contributed by atoms with Gasteiger partial charge in [0.05, 0.1) is 0 Å². The minimum absolute atomic E-state index is 0.881. The topological polar surface area (TPSA) is 3.24 Å². The Balaban J connectivity index is 2.09. The van der Waals surface area contributed by atoms with E-state index in [1.54, 1.807) is 0 Å². The van der Waals surface area contributed by atoms with Crippen LogP contribution in [-0.4, -0.2) is 24.5 Å². The van der Waals surface area contributed by atoms with Crippen molar-refractivity contribution in [3.05, 3.63) is 35.9 Å². The SMILES string of the molecule is CC(C)CCCCCCCCCCCN(CCCCCCCCCCCC(C)C)CCc1ccccc1. The summed E-state index contributed by atoms with van der Waals surface area (Å²) < 4.78 is 0. The van der Waals surface area contributed by atoms with Crippen LogP contribution in [0.25, 0.3) is 0 Å². The molecular weight excluding hydrogens is 446 g/mol. The minimum atomic E-state index is 0.881. The Morgan fingerprint density at radius 2 is 0.784 bits per heavy atom. The number of rotatable bonds is 27. The van der Waals surface area contributed by atoms with Gasteiger partial charge in [-0.1, -0.05) is 174 Å². The fourth-order valence-electron chi connectivity index (χ4n) is 5.52. The molecule has 0 aliphatic carbocycles. The molecule has 1 aromatic rings. The molecule has 0 saturated carbocycles. The van der Waals surface area contributed by atoms with Gasteiger partial charge < -0.3 is 4.90 Å². The zero-order chi connectivity index (χ0) is 26.8. The Hall–Kier alpha value is -0.820. The predicted octanol–water partition coefficient (Wildman–Crippen LogP) is 11.6. The zero-order valence-corrected chi connectivity index (χ0v) is 26.0. The van der Waals surface area contributed by atoms with Crippen molar-refractivity contribution in [2.45, 2.75) is 163 Å². The van der Waals surface area contributed by atoms with Crippen molar-refractivity contribution in [3.63, 3.8) is 0 Å². The van der Waals surface area contributed by atoms with E-state index < -0.39 is 0 Å². The van der Waals surface area contributed by atoms with Crippen molar-refractivity contribution in [3.8, 4) is 0 Å². The molecule has 216 valence electrons. The van der Waals surface area contributed by atoms with Crippen LogP contribution in [0.5, 0.6) is 0 Å². The fourth-order valence-corrected chi connectivity index (χ4v) is 5.52. The quantitative estimate of drug-likeness (QED) is 0.106. The lowest BCUT2D eigenvalue weighted by molar-refractivity contribution is 0.263. The van der Waals surface area contributed by atoms with Crippen LogP contribution in [0.1, 0.15) is 162 Å². The van der Waals surface area contributed by atoms with E-state index in [1.165, 1.54) is 160 Å². The van der Waals surface area contributed by atoms with Gasteiger partial charge in [0.25, 0.3) is 0 Å². The van der Waals surface area contributed by atoms with E-state index in [9.17, 15) is 0 Å². The van der Waals surface area contributed by atoms with Crippen molar-refractivity contribution < 1.29 is 0 Å². The van der Waals surface area contributed by atoms with Crippen LogP contribution in [0, 0.1) is 11.8 Å². The summed E-state index contributed by atoms with van der Waals surface area (Å²) in [4.78, 5) is 2.77. The van der Waals surface area contributed by atoms with Gasteiger partial charge in [0.15, 0.2) is 0 Å². The lowest BCUT2D eigenvalue weighted by atomic mass is 10.0. The average Bonchev–Trinajstić information content (AvgIpc) is 2.88. The highest BCUT2D eigenvalue weighted by Crippen LogP contribution is 2.15. The molecule has 37 heavy (non-hydrogen) atoms. The molecule has 1 heteroatoms. The first kappa shape index (κ1) is 34.2. The van der Waals surface area contributed by atoms with Crippen molar-refractivity contribution in [2.24, 2.45) is 11.8 Å². The lowest BCUT2D eigenvalue weighted by Gasteiger charge is -2.22. The van der Waals surface area contributed by atoms with Crippen LogP contribution in [0.3, 0.4) is 0 Å². The smallest absolute Gasteiger partial charge is 0.00218 e. The lowest BCUT2D eigenvalue weighted by Crippen LogP contribution is -2.28. The van der Waals surface area contributed by atoms with Gasteiger partial charge in [0.2, 0.25) is 0 Å². The third-order valence-electron chi connectivity index (χ3n) is 8.07. The van der Waals surface area contributed by atoms with E-state index in [2.05, 4.69) is 62.9 Å². The Morgan fingerprint density at radius 3 is 1.16 bits per heavy atom. The Labute approximate surface area is 234 Å². The first-order chi connectivity index (χ1) is 18.1. The van der Waals surface area contributed by atoms with E-state index in [0.29, 0.717) is 0 Å². The Kier molecular flexibility index (Phi) is 23.5. The summed E-state index contributed by atoms with van der Waals surface area (Å²) in [5, 5.41) is 0. The maximum Gasteiger partial charge on any atom is 0.00218 e. The fraction of sp³-hybridized carbons (Fsp3) is 0.833. The van der Waals surface area contributed by atoms with Gasteiger partial charge in [-0.15, -0.1) is 0 Å². The Morgan fingerprint density at radius 1 is 0.432 bits per heavy atom. The highest BCUT2D eigenvalue weighted by Gasteiger charge is 2.06. The number of hydrogen-bond acceptors (Lipinski definition) is 1. The standard InChI is InChI=1S/C36H67N/c1-34(2)26-20-15-11-7-5-9-13-17-24-31-37(33-30-36-28-22-19-23-29-36)32-25-18-14-10-6-8-12-16-21-27-35(3)4/h19,22-23,28-29,34-35H,5-18,20-21,24-27,30-33H2,1-4H3. The van der Waals surface area contributed by atoms with Crippen LogP contribution >= 0.6 is 0 Å². The molecule has 0 unspecified atom stereocenters. The molecule has 1 rings (SSSR count). The summed E-state index contributed by atoms with van der Waals surface area (Å²) >= 11 is 0. The van der Waals surface area contributed by atoms with Crippen molar-refractivity contribution >= 4 is 0 Å². The van der Waals surface area contributed by atoms with Gasteiger partial charge in [-0.25, -0.2) is 0 Å². The number of hydrogen-bond donors (Lipinski definition) is 0. The van der Waals surface area contributed by atoms with Crippen molar-refractivity contribution in [2.75, 3.05) is 19.6 Å². The predicted molar refractivity (Wildman–Crippen MR) is 169 cm³/mol. The average molecular weight is 514 g/mol. The van der Waals surface area contributed by atoms with Crippen LogP contribution in [0.2, 0.25) is 0 Å². The highest BCUT2D eigenvalue weighted by molar-refractivity contribution is 5.14. The van der Waals surface area contributed by atoms with Gasteiger partial charge in [-0.2, -0.15) is 0 Å². The van der Waals surface area contributed by atoms with Crippen molar-refractivity contribution in [1.29, 1.82) is 0 Å². The van der Waals surface area contributed by atoms with E-state index in [0.717, 1.165) is 11.8 Å². The number of benzene rings is 1.